The third-order valence-electron chi connectivity index (χ3n) is 4.67. The summed E-state index contributed by atoms with van der Waals surface area (Å²) in [6.07, 6.45) is 2.33. The normalized spacial score (nSPS) is 16.3. The predicted octanol–water partition coefficient (Wildman–Crippen LogP) is 1.13. The molecule has 1 saturated heterocycles. The van der Waals surface area contributed by atoms with E-state index in [0.717, 1.165) is 17.6 Å². The summed E-state index contributed by atoms with van der Waals surface area (Å²) in [6.45, 7) is 5.84. The van der Waals surface area contributed by atoms with E-state index in [1.54, 1.807) is 0 Å². The number of nitrogens with zero attached hydrogens (tertiary/aromatic N) is 3. The summed E-state index contributed by atoms with van der Waals surface area (Å²) in [5.74, 6) is -0.556. The van der Waals surface area contributed by atoms with Crippen molar-refractivity contribution in [3.05, 3.63) is 42.6 Å². The summed E-state index contributed by atoms with van der Waals surface area (Å²) >= 11 is 0.874. The van der Waals surface area contributed by atoms with Gasteiger partial charge in [0.05, 0.1) is 11.1 Å². The third-order valence-corrected chi connectivity index (χ3v) is 9.04. The first-order valence-corrected chi connectivity index (χ1v) is 13.1. The summed E-state index contributed by atoms with van der Waals surface area (Å²) < 4.78 is 50.1. The van der Waals surface area contributed by atoms with Crippen LogP contribution in [-0.4, -0.2) is 76.4 Å². The number of piperazine rings is 1. The van der Waals surface area contributed by atoms with E-state index in [2.05, 4.69) is 21.8 Å². The number of nitrogens with one attached hydrogen (secondary N) is 1. The van der Waals surface area contributed by atoms with Gasteiger partial charge in [0.15, 0.2) is 19.2 Å². The van der Waals surface area contributed by atoms with E-state index in [1.165, 1.54) is 34.8 Å². The zero-order valence-electron chi connectivity index (χ0n) is 16.5. The van der Waals surface area contributed by atoms with Crippen molar-refractivity contribution in [3.8, 4) is 0 Å². The molecule has 1 amide bonds. The summed E-state index contributed by atoms with van der Waals surface area (Å²) in [7, 11) is -5.06. The van der Waals surface area contributed by atoms with Crippen LogP contribution in [0.25, 0.3) is 5.57 Å². The highest BCUT2D eigenvalue weighted by atomic mass is 32.2. The van der Waals surface area contributed by atoms with Crippen molar-refractivity contribution in [2.45, 2.75) is 9.10 Å². The Hall–Kier alpha value is -2.12. The molecule has 0 radical (unpaired) electrons. The lowest BCUT2D eigenvalue weighted by Gasteiger charge is -2.30. The Labute approximate surface area is 180 Å². The monoisotopic (exact) mass is 470 g/mol. The maximum atomic E-state index is 12.8. The van der Waals surface area contributed by atoms with Crippen LogP contribution in [0, 0.1) is 0 Å². The summed E-state index contributed by atoms with van der Waals surface area (Å²) in [5.41, 5.74) is 0.551. The van der Waals surface area contributed by atoms with Gasteiger partial charge in [-0.05, 0) is 24.7 Å². The molecule has 0 aliphatic carbocycles. The zero-order valence-corrected chi connectivity index (χ0v) is 19.0. The molecule has 1 aromatic heterocycles. The van der Waals surface area contributed by atoms with Crippen LogP contribution in [0.3, 0.4) is 0 Å². The molecule has 2 aromatic rings. The molecule has 0 saturated carbocycles. The molecule has 1 aliphatic rings. The molecular weight excluding hydrogens is 448 g/mol. The number of amides is 1. The van der Waals surface area contributed by atoms with Gasteiger partial charge in [-0.2, -0.15) is 4.31 Å². The van der Waals surface area contributed by atoms with E-state index in [9.17, 15) is 21.6 Å². The molecule has 162 valence electrons. The van der Waals surface area contributed by atoms with Gasteiger partial charge >= 0.3 is 0 Å². The Morgan fingerprint density at radius 2 is 1.70 bits per heavy atom. The van der Waals surface area contributed by atoms with Crippen LogP contribution >= 0.6 is 11.3 Å². The standard InChI is InChI=1S/C18H22N4O5S3/c1-13(14-4-6-15(7-5-14)29(3,24)25)17(23)20-18-19-12-16(28-18)30(26,27)22-10-8-21(2)9-11-22/h4-7,12H,1,8-11H2,2-3H3,(H,19,20,23). The lowest BCUT2D eigenvalue weighted by molar-refractivity contribution is -0.111. The maximum absolute atomic E-state index is 12.8. The number of sulfone groups is 1. The first kappa shape index (κ1) is 22.6. The number of hydrogen-bond donors (Lipinski definition) is 1. The number of hydrogen-bond acceptors (Lipinski definition) is 8. The van der Waals surface area contributed by atoms with Gasteiger partial charge in [0.1, 0.15) is 0 Å². The van der Waals surface area contributed by atoms with E-state index < -0.39 is 25.8 Å². The lowest BCUT2D eigenvalue weighted by atomic mass is 10.1. The Balaban J connectivity index is 1.69. The second kappa shape index (κ2) is 8.55. The fourth-order valence-corrected chi connectivity index (χ4v) is 6.03. The molecular formula is C18H22N4O5S3. The van der Waals surface area contributed by atoms with E-state index in [0.29, 0.717) is 31.7 Å². The van der Waals surface area contributed by atoms with E-state index in [1.807, 2.05) is 7.05 Å². The van der Waals surface area contributed by atoms with Gasteiger partial charge in [-0.15, -0.1) is 0 Å². The van der Waals surface area contributed by atoms with Crippen LogP contribution in [0.4, 0.5) is 5.13 Å². The van der Waals surface area contributed by atoms with Crippen molar-refractivity contribution in [2.24, 2.45) is 0 Å². The molecule has 1 fully saturated rings. The van der Waals surface area contributed by atoms with Gasteiger partial charge in [0, 0.05) is 38.0 Å². The van der Waals surface area contributed by atoms with Crippen molar-refractivity contribution in [1.29, 1.82) is 0 Å². The van der Waals surface area contributed by atoms with E-state index >= 15 is 0 Å². The largest absolute Gasteiger partial charge is 0.304 e. The van der Waals surface area contributed by atoms with Crippen LogP contribution in [-0.2, 0) is 24.7 Å². The first-order chi connectivity index (χ1) is 14.0. The first-order valence-electron chi connectivity index (χ1n) is 8.94. The molecule has 0 atom stereocenters. The summed E-state index contributed by atoms with van der Waals surface area (Å²) in [4.78, 5) is 18.7. The Morgan fingerprint density at radius 3 is 2.27 bits per heavy atom. The quantitative estimate of drug-likeness (QED) is 0.629. The number of carbonyl (C=O) groups excluding carboxylic acids is 1. The van der Waals surface area contributed by atoms with Crippen LogP contribution in [0.1, 0.15) is 5.56 Å². The predicted molar refractivity (Wildman–Crippen MR) is 116 cm³/mol. The van der Waals surface area contributed by atoms with Crippen molar-refractivity contribution >= 4 is 47.8 Å². The highest BCUT2D eigenvalue weighted by molar-refractivity contribution is 7.91. The van der Waals surface area contributed by atoms with Gasteiger partial charge in [-0.1, -0.05) is 30.0 Å². The van der Waals surface area contributed by atoms with Crippen molar-refractivity contribution in [1.82, 2.24) is 14.2 Å². The number of sulfonamides is 1. The fourth-order valence-electron chi connectivity index (χ4n) is 2.80. The maximum Gasteiger partial charge on any atom is 0.257 e. The van der Waals surface area contributed by atoms with E-state index in [-0.39, 0.29) is 19.8 Å². The molecule has 12 heteroatoms. The molecule has 2 heterocycles. The molecule has 0 bridgehead atoms. The van der Waals surface area contributed by atoms with Gasteiger partial charge in [0.25, 0.3) is 15.9 Å². The van der Waals surface area contributed by atoms with Crippen LogP contribution < -0.4 is 5.32 Å². The minimum Gasteiger partial charge on any atom is -0.304 e. The third kappa shape index (κ3) is 4.95. The summed E-state index contributed by atoms with van der Waals surface area (Å²) in [6, 6.07) is 5.77. The fraction of sp³-hybridized carbons (Fsp3) is 0.333. The second-order valence-corrected chi connectivity index (χ2v) is 12.1. The number of likely N-dealkylation sites (N-methyl/N-ethyl adjacent to an activating group) is 1. The molecule has 1 aliphatic heterocycles. The van der Waals surface area contributed by atoms with Gasteiger partial charge < -0.3 is 4.90 Å². The van der Waals surface area contributed by atoms with Gasteiger partial charge in [-0.25, -0.2) is 21.8 Å². The SMILES string of the molecule is C=C(C(=O)Nc1ncc(S(=O)(=O)N2CCN(C)CC2)s1)c1ccc(S(C)(=O)=O)cc1. The van der Waals surface area contributed by atoms with Crippen molar-refractivity contribution in [2.75, 3.05) is 44.8 Å². The number of anilines is 1. The highest BCUT2D eigenvalue weighted by Crippen LogP contribution is 2.27. The Morgan fingerprint density at radius 1 is 1.10 bits per heavy atom. The Kier molecular flexibility index (Phi) is 6.43. The molecule has 0 unspecified atom stereocenters. The molecule has 3 rings (SSSR count). The molecule has 30 heavy (non-hydrogen) atoms. The molecule has 9 nitrogen and oxygen atoms in total. The minimum atomic E-state index is -3.66. The molecule has 1 N–H and O–H groups in total. The number of benzene rings is 1. The summed E-state index contributed by atoms with van der Waals surface area (Å²) in [5, 5.41) is 2.69. The van der Waals surface area contributed by atoms with Gasteiger partial charge in [0.2, 0.25) is 0 Å². The highest BCUT2D eigenvalue weighted by Gasteiger charge is 2.29. The zero-order chi connectivity index (χ0) is 22.1. The van der Waals surface area contributed by atoms with Crippen LogP contribution in [0.15, 0.2) is 46.1 Å². The number of carbonyl (C=O) groups is 1. The smallest absolute Gasteiger partial charge is 0.257 e. The lowest BCUT2D eigenvalue weighted by Crippen LogP contribution is -2.46. The number of rotatable bonds is 6. The van der Waals surface area contributed by atoms with Gasteiger partial charge in [-0.3, -0.25) is 10.1 Å². The van der Waals surface area contributed by atoms with Crippen LogP contribution in [0.5, 0.6) is 0 Å². The average molecular weight is 471 g/mol. The minimum absolute atomic E-state index is 0.0606. The van der Waals surface area contributed by atoms with Crippen LogP contribution in [0.2, 0.25) is 0 Å². The van der Waals surface area contributed by atoms with Crippen molar-refractivity contribution < 1.29 is 21.6 Å². The topological polar surface area (TPSA) is 117 Å². The number of aromatic nitrogens is 1. The molecule has 1 aromatic carbocycles. The Bertz CT molecular complexity index is 1160. The van der Waals surface area contributed by atoms with E-state index in [4.69, 9.17) is 0 Å². The second-order valence-electron chi connectivity index (χ2n) is 6.92. The number of thiazole rings is 1. The molecule has 0 spiro atoms. The average Bonchev–Trinajstić information content (AvgIpc) is 3.16. The van der Waals surface area contributed by atoms with Crippen molar-refractivity contribution in [3.63, 3.8) is 0 Å².